The van der Waals surface area contributed by atoms with Crippen molar-refractivity contribution in [3.05, 3.63) is 87.4 Å². The number of ether oxygens (including phenoxy) is 2. The van der Waals surface area contributed by atoms with Crippen molar-refractivity contribution in [2.24, 2.45) is 11.8 Å². The van der Waals surface area contributed by atoms with E-state index in [0.29, 0.717) is 29.9 Å². The summed E-state index contributed by atoms with van der Waals surface area (Å²) in [5.74, 6) is -0.932. The molecule has 0 fully saturated rings. The highest BCUT2D eigenvalue weighted by Gasteiger charge is 2.67. The summed E-state index contributed by atoms with van der Waals surface area (Å²) in [4.78, 5) is 31.7. The standard InChI is InChI=1S/C36H44N2O7Si/c1-20-15-16-25(42-7)23-17-22-18-24-29(38(5)6)31-28(34(37-44-31)43-19-21-13-11-10-12-14-21)33(41)36(24,45-46(8,9)35(2,3)4)32(40)27(22)30(39)26(20)23/h10-16,22,24,29,40H,17-19H2,1-9H3/t22-,24-,29-,36-/m0/s1. The number of aliphatic hydroxyl groups is 1. The molecule has 0 unspecified atom stereocenters. The summed E-state index contributed by atoms with van der Waals surface area (Å²) in [6.45, 7) is 12.4. The van der Waals surface area contributed by atoms with Crippen LogP contribution in [0, 0.1) is 18.8 Å². The zero-order chi connectivity index (χ0) is 33.3. The van der Waals surface area contributed by atoms with E-state index < -0.39 is 31.7 Å². The first kappa shape index (κ1) is 32.2. The van der Waals surface area contributed by atoms with Crippen LogP contribution in [0.4, 0.5) is 0 Å². The maximum Gasteiger partial charge on any atom is 0.265 e. The Morgan fingerprint density at radius 1 is 1.09 bits per heavy atom. The van der Waals surface area contributed by atoms with Crippen molar-refractivity contribution in [3.63, 3.8) is 0 Å². The van der Waals surface area contributed by atoms with E-state index in [-0.39, 0.29) is 46.1 Å². The molecule has 3 aliphatic carbocycles. The van der Waals surface area contributed by atoms with Crippen molar-refractivity contribution < 1.29 is 33.1 Å². The third-order valence-electron chi connectivity index (χ3n) is 10.6. The molecule has 0 bridgehead atoms. The fourth-order valence-corrected chi connectivity index (χ4v) is 8.77. The zero-order valence-corrected chi connectivity index (χ0v) is 29.2. The molecule has 0 saturated carbocycles. The van der Waals surface area contributed by atoms with Gasteiger partial charge in [0.15, 0.2) is 25.5 Å². The molecule has 1 heterocycles. The second-order valence-electron chi connectivity index (χ2n) is 14.6. The van der Waals surface area contributed by atoms with Crippen molar-refractivity contribution >= 4 is 19.9 Å². The Morgan fingerprint density at radius 3 is 2.41 bits per heavy atom. The van der Waals surface area contributed by atoms with E-state index in [1.807, 2.05) is 68.4 Å². The molecule has 10 heteroatoms. The van der Waals surface area contributed by atoms with Gasteiger partial charge < -0.3 is 23.5 Å². The number of carbonyl (C=O) groups excluding carboxylic acids is 2. The number of methoxy groups -OCH3 is 1. The van der Waals surface area contributed by atoms with Gasteiger partial charge >= 0.3 is 0 Å². The SMILES string of the molecule is COc1ccc(C)c2c1C[C@H]1C[C@H]3[C@H](N(C)C)c4onc(OCc5ccccc5)c4C(=O)[C@@]3(O[Si](C)(C)C(C)(C)C)C(O)=C1C2=O. The first-order valence-electron chi connectivity index (χ1n) is 15.9. The minimum atomic E-state index is -2.78. The Morgan fingerprint density at radius 2 is 1.78 bits per heavy atom. The molecule has 0 saturated heterocycles. The first-order valence-corrected chi connectivity index (χ1v) is 18.8. The Kier molecular flexibility index (Phi) is 7.85. The predicted octanol–water partition coefficient (Wildman–Crippen LogP) is 7.02. The van der Waals surface area contributed by atoms with Crippen LogP contribution in [0.15, 0.2) is 58.3 Å². The third kappa shape index (κ3) is 4.76. The lowest BCUT2D eigenvalue weighted by molar-refractivity contribution is -0.0480. The maximum absolute atomic E-state index is 15.2. The number of nitrogens with zero attached hydrogens (tertiary/aromatic N) is 2. The third-order valence-corrected chi connectivity index (χ3v) is 15.0. The molecule has 1 N–H and O–H groups in total. The van der Waals surface area contributed by atoms with E-state index in [1.165, 1.54) is 0 Å². The minimum Gasteiger partial charge on any atom is -0.508 e. The average molecular weight is 645 g/mol. The van der Waals surface area contributed by atoms with Crippen molar-refractivity contribution in [2.45, 2.75) is 76.9 Å². The summed E-state index contributed by atoms with van der Waals surface area (Å²) in [6, 6.07) is 12.8. The van der Waals surface area contributed by atoms with Gasteiger partial charge in [-0.25, -0.2) is 0 Å². The largest absolute Gasteiger partial charge is 0.508 e. The number of hydrogen-bond acceptors (Lipinski definition) is 9. The van der Waals surface area contributed by atoms with Crippen LogP contribution >= 0.6 is 0 Å². The van der Waals surface area contributed by atoms with E-state index in [4.69, 9.17) is 18.4 Å². The van der Waals surface area contributed by atoms with Gasteiger partial charge in [-0.2, -0.15) is 0 Å². The lowest BCUT2D eigenvalue weighted by atomic mass is 9.58. The molecule has 6 rings (SSSR count). The molecule has 244 valence electrons. The van der Waals surface area contributed by atoms with Crippen LogP contribution in [0.2, 0.25) is 18.1 Å². The number of Topliss-reactive ketones (excluding diaryl/α,β-unsaturated/α-hetero) is 2. The summed E-state index contributed by atoms with van der Waals surface area (Å²) >= 11 is 0. The van der Waals surface area contributed by atoms with Gasteiger partial charge in [0.2, 0.25) is 5.78 Å². The van der Waals surface area contributed by atoms with Gasteiger partial charge in [0.05, 0.1) is 13.2 Å². The van der Waals surface area contributed by atoms with Crippen LogP contribution in [0.3, 0.4) is 0 Å². The Labute approximate surface area is 271 Å². The molecule has 9 nitrogen and oxygen atoms in total. The van der Waals surface area contributed by atoms with Crippen molar-refractivity contribution in [3.8, 4) is 11.6 Å². The van der Waals surface area contributed by atoms with Crippen LogP contribution in [-0.2, 0) is 17.5 Å². The zero-order valence-electron chi connectivity index (χ0n) is 28.2. The molecule has 3 aliphatic rings. The van der Waals surface area contributed by atoms with Gasteiger partial charge in [-0.15, -0.1) is 0 Å². The average Bonchev–Trinajstić information content (AvgIpc) is 3.40. The van der Waals surface area contributed by atoms with Gasteiger partial charge in [-0.1, -0.05) is 57.2 Å². The van der Waals surface area contributed by atoms with Gasteiger partial charge in [0.1, 0.15) is 23.7 Å². The second kappa shape index (κ2) is 11.2. The fourth-order valence-electron chi connectivity index (χ4n) is 7.31. The molecular weight excluding hydrogens is 600 g/mol. The van der Waals surface area contributed by atoms with Gasteiger partial charge in [-0.3, -0.25) is 14.5 Å². The number of carbonyl (C=O) groups is 2. The Bertz CT molecular complexity index is 1740. The normalized spacial score (nSPS) is 24.3. The molecule has 0 amide bonds. The van der Waals surface area contributed by atoms with Crippen LogP contribution in [-0.4, -0.2) is 61.9 Å². The van der Waals surface area contributed by atoms with E-state index in [1.54, 1.807) is 7.11 Å². The smallest absolute Gasteiger partial charge is 0.265 e. The van der Waals surface area contributed by atoms with E-state index in [0.717, 1.165) is 16.7 Å². The monoisotopic (exact) mass is 644 g/mol. The highest BCUT2D eigenvalue weighted by Crippen LogP contribution is 2.59. The van der Waals surface area contributed by atoms with Crippen LogP contribution in [0.1, 0.15) is 76.4 Å². The van der Waals surface area contributed by atoms with E-state index >= 15 is 4.79 Å². The first-order chi connectivity index (χ1) is 21.6. The lowest BCUT2D eigenvalue weighted by Crippen LogP contribution is -2.65. The molecule has 1 aromatic heterocycles. The number of ketones is 2. The number of aromatic nitrogens is 1. The maximum atomic E-state index is 15.2. The Balaban J connectivity index is 1.59. The molecule has 0 spiro atoms. The fraction of sp³-hybridized carbons (Fsp3) is 0.472. The van der Waals surface area contributed by atoms with Gasteiger partial charge in [0.25, 0.3) is 5.88 Å². The quantitative estimate of drug-likeness (QED) is 0.271. The molecule has 3 aromatic rings. The number of benzene rings is 2. The predicted molar refractivity (Wildman–Crippen MR) is 176 cm³/mol. The summed E-state index contributed by atoms with van der Waals surface area (Å²) in [5, 5.41) is 16.6. The van der Waals surface area contributed by atoms with Gasteiger partial charge in [-0.05, 0) is 80.3 Å². The van der Waals surface area contributed by atoms with Crippen molar-refractivity contribution in [2.75, 3.05) is 21.2 Å². The second-order valence-corrected chi connectivity index (χ2v) is 19.3. The van der Waals surface area contributed by atoms with Crippen molar-refractivity contribution in [1.29, 1.82) is 0 Å². The lowest BCUT2D eigenvalue weighted by Gasteiger charge is -2.55. The topological polar surface area (TPSA) is 111 Å². The number of rotatable bonds is 7. The molecule has 0 aliphatic heterocycles. The van der Waals surface area contributed by atoms with E-state index in [9.17, 15) is 9.90 Å². The summed E-state index contributed by atoms with van der Waals surface area (Å²) in [5.41, 5.74) is 1.59. The summed E-state index contributed by atoms with van der Waals surface area (Å²) in [7, 11) is 2.65. The highest BCUT2D eigenvalue weighted by atomic mass is 28.4. The number of allylic oxidation sites excluding steroid dienone is 1. The highest BCUT2D eigenvalue weighted by molar-refractivity contribution is 6.74. The molecular formula is C36H44N2O7Si. The summed E-state index contributed by atoms with van der Waals surface area (Å²) < 4.78 is 25.0. The number of aryl methyl sites for hydroxylation is 1. The van der Waals surface area contributed by atoms with Crippen LogP contribution in [0.5, 0.6) is 11.6 Å². The number of hydrogen-bond donors (Lipinski definition) is 1. The van der Waals surface area contributed by atoms with Crippen LogP contribution < -0.4 is 9.47 Å². The number of fused-ring (bicyclic) bond motifs is 4. The van der Waals surface area contributed by atoms with Crippen LogP contribution in [0.25, 0.3) is 0 Å². The molecule has 2 aromatic carbocycles. The molecule has 0 radical (unpaired) electrons. The molecule has 46 heavy (non-hydrogen) atoms. The summed E-state index contributed by atoms with van der Waals surface area (Å²) in [6.07, 6.45) is 0.895. The van der Waals surface area contributed by atoms with E-state index in [2.05, 4.69) is 39.0 Å². The minimum absolute atomic E-state index is 0.0492. The Hall–Kier alpha value is -3.73. The van der Waals surface area contributed by atoms with Gasteiger partial charge in [0, 0.05) is 22.6 Å². The number of aliphatic hydroxyl groups excluding tert-OH is 1. The van der Waals surface area contributed by atoms with Crippen molar-refractivity contribution in [1.82, 2.24) is 10.1 Å². The molecule has 4 atom stereocenters.